The number of benzene rings is 1. The summed E-state index contributed by atoms with van der Waals surface area (Å²) < 4.78 is 13.4. The van der Waals surface area contributed by atoms with E-state index in [1.54, 1.807) is 18.2 Å². The van der Waals surface area contributed by atoms with Crippen LogP contribution in [0.25, 0.3) is 0 Å². The molecule has 0 fully saturated rings. The maximum absolute atomic E-state index is 13.4. The number of halogens is 1. The lowest BCUT2D eigenvalue weighted by Gasteiger charge is -2.12. The molecule has 8 heteroatoms. The molecular weight excluding hydrogens is 311 g/mol. The minimum absolute atomic E-state index is 0.110. The summed E-state index contributed by atoms with van der Waals surface area (Å²) in [5, 5.41) is 3.33. The van der Waals surface area contributed by atoms with Gasteiger partial charge in [0.05, 0.1) is 32.9 Å². The molecule has 0 aliphatic carbocycles. The Morgan fingerprint density at radius 2 is 2.05 bits per heavy atom. The predicted octanol–water partition coefficient (Wildman–Crippen LogP) is -0.442. The largest absolute Gasteiger partial charge is 0.356 e. The van der Waals surface area contributed by atoms with Crippen LogP contribution in [0.3, 0.4) is 0 Å². The van der Waals surface area contributed by atoms with E-state index in [0.29, 0.717) is 16.6 Å². The standard InChI is InChI=1S/C13H19FN4OS2/c1-18(2)8-7-15-13(20)17-16-12(19)9-21-11-6-4-3-5-10(11)14/h3-6H,7-9H2,1-2H3,(H,16,19)(H2,15,17,20)/p+1. The number of thioether (sulfide) groups is 1. The summed E-state index contributed by atoms with van der Waals surface area (Å²) in [4.78, 5) is 13.4. The van der Waals surface area contributed by atoms with Gasteiger partial charge in [-0.15, -0.1) is 11.8 Å². The summed E-state index contributed by atoms with van der Waals surface area (Å²) in [7, 11) is 4.08. The van der Waals surface area contributed by atoms with Crippen molar-refractivity contribution in [2.75, 3.05) is 32.9 Å². The lowest BCUT2D eigenvalue weighted by atomic mass is 10.3. The Hall–Kier alpha value is -1.38. The number of carbonyl (C=O) groups excluding carboxylic acids is 1. The Morgan fingerprint density at radius 3 is 2.71 bits per heavy atom. The van der Waals surface area contributed by atoms with Crippen LogP contribution in [0, 0.1) is 5.82 Å². The average Bonchev–Trinajstić information content (AvgIpc) is 2.44. The van der Waals surface area contributed by atoms with Crippen molar-refractivity contribution in [1.29, 1.82) is 0 Å². The fraction of sp³-hybridized carbons (Fsp3) is 0.385. The lowest BCUT2D eigenvalue weighted by molar-refractivity contribution is -0.856. The van der Waals surface area contributed by atoms with E-state index < -0.39 is 0 Å². The van der Waals surface area contributed by atoms with Crippen molar-refractivity contribution < 1.29 is 14.1 Å². The summed E-state index contributed by atoms with van der Waals surface area (Å²) >= 11 is 6.14. The van der Waals surface area contributed by atoms with Crippen LogP contribution < -0.4 is 21.1 Å². The molecule has 0 aliphatic heterocycles. The van der Waals surface area contributed by atoms with Crippen molar-refractivity contribution in [3.8, 4) is 0 Å². The lowest BCUT2D eigenvalue weighted by Crippen LogP contribution is -3.06. The van der Waals surface area contributed by atoms with E-state index in [2.05, 4.69) is 16.2 Å². The molecule has 4 N–H and O–H groups in total. The maximum atomic E-state index is 13.4. The van der Waals surface area contributed by atoms with Gasteiger partial charge in [-0.25, -0.2) is 4.39 Å². The molecule has 0 radical (unpaired) electrons. The van der Waals surface area contributed by atoms with Crippen molar-refractivity contribution in [3.05, 3.63) is 30.1 Å². The van der Waals surface area contributed by atoms with Gasteiger partial charge in [0.1, 0.15) is 5.82 Å². The van der Waals surface area contributed by atoms with E-state index in [0.717, 1.165) is 18.3 Å². The zero-order chi connectivity index (χ0) is 15.7. The summed E-state index contributed by atoms with van der Waals surface area (Å²) in [6.07, 6.45) is 0. The monoisotopic (exact) mass is 331 g/mol. The molecule has 0 heterocycles. The van der Waals surface area contributed by atoms with Crippen molar-refractivity contribution >= 4 is 35.0 Å². The Kier molecular flexibility index (Phi) is 8.03. The van der Waals surface area contributed by atoms with Gasteiger partial charge in [-0.3, -0.25) is 15.6 Å². The molecule has 21 heavy (non-hydrogen) atoms. The fourth-order valence-corrected chi connectivity index (χ4v) is 2.23. The number of amides is 1. The number of carbonyl (C=O) groups is 1. The fourth-order valence-electron chi connectivity index (χ4n) is 1.34. The Balaban J connectivity index is 2.19. The quantitative estimate of drug-likeness (QED) is 0.323. The molecule has 0 atom stereocenters. The van der Waals surface area contributed by atoms with E-state index in [1.165, 1.54) is 11.0 Å². The highest BCUT2D eigenvalue weighted by Crippen LogP contribution is 2.20. The van der Waals surface area contributed by atoms with Crippen LogP contribution in [-0.2, 0) is 4.79 Å². The summed E-state index contributed by atoms with van der Waals surface area (Å²) in [6, 6.07) is 6.34. The molecule has 0 spiro atoms. The Bertz CT molecular complexity index is 485. The Labute approximate surface area is 133 Å². The smallest absolute Gasteiger partial charge is 0.248 e. The van der Waals surface area contributed by atoms with Gasteiger partial charge in [-0.1, -0.05) is 12.1 Å². The summed E-state index contributed by atoms with van der Waals surface area (Å²) in [6.45, 7) is 1.63. The van der Waals surface area contributed by atoms with E-state index in [9.17, 15) is 9.18 Å². The maximum Gasteiger partial charge on any atom is 0.248 e. The molecule has 0 bridgehead atoms. The van der Waals surface area contributed by atoms with Crippen LogP contribution in [0.15, 0.2) is 29.2 Å². The zero-order valence-electron chi connectivity index (χ0n) is 12.0. The molecule has 0 aliphatic rings. The normalized spacial score (nSPS) is 10.3. The van der Waals surface area contributed by atoms with E-state index in [4.69, 9.17) is 12.2 Å². The zero-order valence-corrected chi connectivity index (χ0v) is 13.7. The number of thiocarbonyl (C=S) groups is 1. The number of hydrogen-bond acceptors (Lipinski definition) is 3. The number of quaternary nitrogens is 1. The van der Waals surface area contributed by atoms with E-state index in [1.807, 2.05) is 14.1 Å². The first-order chi connectivity index (χ1) is 9.99. The first-order valence-electron chi connectivity index (χ1n) is 6.48. The second-order valence-corrected chi connectivity index (χ2v) is 6.03. The SMILES string of the molecule is C[NH+](C)CCNC(=S)NNC(=O)CSc1ccccc1F. The van der Waals surface area contributed by atoms with Gasteiger partial charge in [0.25, 0.3) is 0 Å². The molecule has 0 aromatic heterocycles. The van der Waals surface area contributed by atoms with Crippen LogP contribution in [0.5, 0.6) is 0 Å². The molecule has 0 unspecified atom stereocenters. The van der Waals surface area contributed by atoms with E-state index >= 15 is 0 Å². The van der Waals surface area contributed by atoms with Crippen molar-refractivity contribution in [2.24, 2.45) is 0 Å². The van der Waals surface area contributed by atoms with Crippen molar-refractivity contribution in [3.63, 3.8) is 0 Å². The second-order valence-electron chi connectivity index (χ2n) is 4.61. The van der Waals surface area contributed by atoms with Gasteiger partial charge in [0, 0.05) is 4.90 Å². The van der Waals surface area contributed by atoms with Crippen LogP contribution in [0.1, 0.15) is 0 Å². The molecule has 1 rings (SSSR count). The summed E-state index contributed by atoms with van der Waals surface area (Å²) in [5.41, 5.74) is 5.08. The summed E-state index contributed by atoms with van der Waals surface area (Å²) in [5.74, 6) is -0.490. The molecule has 1 aromatic rings. The molecule has 116 valence electrons. The molecule has 5 nitrogen and oxygen atoms in total. The minimum Gasteiger partial charge on any atom is -0.356 e. The highest BCUT2D eigenvalue weighted by atomic mass is 32.2. The highest BCUT2D eigenvalue weighted by Gasteiger charge is 2.06. The first-order valence-corrected chi connectivity index (χ1v) is 7.87. The van der Waals surface area contributed by atoms with Crippen LogP contribution >= 0.6 is 24.0 Å². The van der Waals surface area contributed by atoms with Crippen LogP contribution in [0.4, 0.5) is 4.39 Å². The number of likely N-dealkylation sites (N-methyl/N-ethyl adjacent to an activating group) is 1. The third-order valence-electron chi connectivity index (χ3n) is 2.42. The number of nitrogens with one attached hydrogen (secondary N) is 4. The van der Waals surface area contributed by atoms with E-state index in [-0.39, 0.29) is 17.5 Å². The molecule has 0 saturated heterocycles. The first kappa shape index (κ1) is 17.7. The molecule has 1 amide bonds. The average molecular weight is 331 g/mol. The second kappa shape index (κ2) is 9.54. The molecule has 1 aromatic carbocycles. The third kappa shape index (κ3) is 7.84. The van der Waals surface area contributed by atoms with Gasteiger partial charge in [0.2, 0.25) is 5.91 Å². The van der Waals surface area contributed by atoms with Gasteiger partial charge in [-0.05, 0) is 24.4 Å². The van der Waals surface area contributed by atoms with Crippen LogP contribution in [0.2, 0.25) is 0 Å². The van der Waals surface area contributed by atoms with Gasteiger partial charge in [-0.2, -0.15) is 0 Å². The van der Waals surface area contributed by atoms with Gasteiger partial charge < -0.3 is 10.2 Å². The number of hydrazine groups is 1. The van der Waals surface area contributed by atoms with Crippen molar-refractivity contribution in [2.45, 2.75) is 4.90 Å². The predicted molar refractivity (Wildman–Crippen MR) is 86.7 cm³/mol. The number of hydrogen-bond donors (Lipinski definition) is 4. The Morgan fingerprint density at radius 1 is 1.33 bits per heavy atom. The minimum atomic E-state index is -0.327. The topological polar surface area (TPSA) is 57.6 Å². The third-order valence-corrected chi connectivity index (χ3v) is 3.72. The highest BCUT2D eigenvalue weighted by molar-refractivity contribution is 8.00. The number of rotatable bonds is 6. The van der Waals surface area contributed by atoms with Gasteiger partial charge >= 0.3 is 0 Å². The van der Waals surface area contributed by atoms with Gasteiger partial charge in [0.15, 0.2) is 5.11 Å². The van der Waals surface area contributed by atoms with Crippen molar-refractivity contribution in [1.82, 2.24) is 16.2 Å². The molecule has 0 saturated carbocycles. The molecular formula is C13H20FN4OS2+. The van der Waals surface area contributed by atoms with Crippen LogP contribution in [-0.4, -0.2) is 44.0 Å².